The molecule has 1 aromatic carbocycles. The van der Waals surface area contributed by atoms with Crippen LogP contribution in [0.4, 0.5) is 18.3 Å². The number of likely N-dealkylation sites (N-methyl/N-ethyl adjacent to an activating group) is 1. The molecule has 1 aromatic heterocycles. The Balaban J connectivity index is 1.78. The first kappa shape index (κ1) is 27.4. The molecule has 6 nitrogen and oxygen atoms in total. The number of nitrogens with one attached hydrogen (secondary N) is 1. The normalized spacial score (nSPS) is 17.1. The first-order valence-corrected chi connectivity index (χ1v) is 12.8. The van der Waals surface area contributed by atoms with Gasteiger partial charge in [0.15, 0.2) is 5.13 Å². The lowest BCUT2D eigenvalue weighted by Gasteiger charge is -2.32. The van der Waals surface area contributed by atoms with Crippen molar-refractivity contribution < 1.29 is 22.7 Å². The summed E-state index contributed by atoms with van der Waals surface area (Å²) in [5.41, 5.74) is 1.54. The van der Waals surface area contributed by atoms with Crippen LogP contribution in [0, 0.1) is 5.92 Å². The summed E-state index contributed by atoms with van der Waals surface area (Å²) in [7, 11) is 2.09. The van der Waals surface area contributed by atoms with E-state index in [1.807, 2.05) is 19.2 Å². The van der Waals surface area contributed by atoms with Gasteiger partial charge in [-0.3, -0.25) is 10.1 Å². The highest BCUT2D eigenvalue weighted by molar-refractivity contribution is 7.14. The van der Waals surface area contributed by atoms with Gasteiger partial charge >= 0.3 is 12.1 Å². The van der Waals surface area contributed by atoms with E-state index < -0.39 is 30.3 Å². The van der Waals surface area contributed by atoms with Crippen LogP contribution < -0.4 is 10.2 Å². The third kappa shape index (κ3) is 7.65. The summed E-state index contributed by atoms with van der Waals surface area (Å²) < 4.78 is 47.4. The van der Waals surface area contributed by atoms with Crippen LogP contribution in [-0.4, -0.2) is 67.4 Å². The van der Waals surface area contributed by atoms with Gasteiger partial charge < -0.3 is 14.5 Å². The standard InChI is InChI=1S/C25H35F3N4O2S/c1-16(2)14-20(23(33)34-17(3)4)29-22(25(26,27)28)19-8-6-18(7-9-19)21-15-35-24(30-21)32-12-10-31(5)11-13-32/h6-9,15-17,20,22,29H,10-14H2,1-5H3. The Morgan fingerprint density at radius 1 is 1.11 bits per heavy atom. The number of hydrogen-bond acceptors (Lipinski definition) is 7. The monoisotopic (exact) mass is 512 g/mol. The highest BCUT2D eigenvalue weighted by atomic mass is 32.1. The molecule has 1 aliphatic rings. The number of hydrogen-bond donors (Lipinski definition) is 1. The molecule has 2 unspecified atom stereocenters. The molecule has 0 amide bonds. The van der Waals surface area contributed by atoms with Crippen molar-refractivity contribution in [2.24, 2.45) is 5.92 Å². The van der Waals surface area contributed by atoms with Crippen LogP contribution in [0.15, 0.2) is 29.6 Å². The zero-order valence-electron chi connectivity index (χ0n) is 20.9. The molecule has 0 bridgehead atoms. The van der Waals surface area contributed by atoms with Gasteiger partial charge in [-0.1, -0.05) is 38.1 Å². The first-order valence-electron chi connectivity index (χ1n) is 12.0. The molecule has 1 saturated heterocycles. The molecular formula is C25H35F3N4O2S. The summed E-state index contributed by atoms with van der Waals surface area (Å²) in [4.78, 5) is 21.7. The summed E-state index contributed by atoms with van der Waals surface area (Å²) in [6.45, 7) is 10.8. The Morgan fingerprint density at radius 2 is 1.74 bits per heavy atom. The summed E-state index contributed by atoms with van der Waals surface area (Å²) in [6, 6.07) is 3.17. The minimum Gasteiger partial charge on any atom is -0.462 e. The fraction of sp³-hybridized carbons (Fsp3) is 0.600. The van der Waals surface area contributed by atoms with E-state index in [4.69, 9.17) is 9.72 Å². The molecule has 3 rings (SSSR count). The highest BCUT2D eigenvalue weighted by Crippen LogP contribution is 2.35. The summed E-state index contributed by atoms with van der Waals surface area (Å²) in [5.74, 6) is -0.652. The number of piperazine rings is 1. The molecule has 1 aliphatic heterocycles. The second kappa shape index (κ2) is 11.7. The van der Waals surface area contributed by atoms with E-state index in [1.54, 1.807) is 37.3 Å². The van der Waals surface area contributed by atoms with Crippen LogP contribution in [0.25, 0.3) is 11.3 Å². The number of alkyl halides is 3. The van der Waals surface area contributed by atoms with Gasteiger partial charge in [-0.05, 0) is 38.8 Å². The number of anilines is 1. The number of carbonyl (C=O) groups excluding carboxylic acids is 1. The van der Waals surface area contributed by atoms with Crippen LogP contribution >= 0.6 is 11.3 Å². The van der Waals surface area contributed by atoms with E-state index >= 15 is 0 Å². The number of nitrogens with zero attached hydrogens (tertiary/aromatic N) is 3. The first-order chi connectivity index (χ1) is 16.4. The molecule has 0 aliphatic carbocycles. The molecule has 35 heavy (non-hydrogen) atoms. The number of carbonyl (C=O) groups is 1. The lowest BCUT2D eigenvalue weighted by Crippen LogP contribution is -2.46. The maximum absolute atomic E-state index is 14.1. The van der Waals surface area contributed by atoms with Crippen molar-refractivity contribution in [2.75, 3.05) is 38.1 Å². The van der Waals surface area contributed by atoms with Crippen molar-refractivity contribution in [3.05, 3.63) is 35.2 Å². The van der Waals surface area contributed by atoms with E-state index in [0.717, 1.165) is 42.6 Å². The van der Waals surface area contributed by atoms with Gasteiger partial charge in [0.1, 0.15) is 12.1 Å². The predicted octanol–water partition coefficient (Wildman–Crippen LogP) is 5.12. The van der Waals surface area contributed by atoms with Crippen molar-refractivity contribution >= 4 is 22.4 Å². The SMILES string of the molecule is CC(C)CC(NC(c1ccc(-c2csc(N3CCN(C)CC3)n2)cc1)C(F)(F)F)C(=O)OC(C)C. The molecule has 2 atom stereocenters. The molecule has 0 saturated carbocycles. The molecule has 194 valence electrons. The zero-order chi connectivity index (χ0) is 25.8. The lowest BCUT2D eigenvalue weighted by molar-refractivity contribution is -0.166. The van der Waals surface area contributed by atoms with Crippen molar-refractivity contribution in [3.63, 3.8) is 0 Å². The van der Waals surface area contributed by atoms with Crippen molar-refractivity contribution in [2.45, 2.75) is 58.5 Å². The van der Waals surface area contributed by atoms with Gasteiger partial charge in [0.25, 0.3) is 0 Å². The summed E-state index contributed by atoms with van der Waals surface area (Å²) in [6.07, 6.45) is -4.75. The van der Waals surface area contributed by atoms with Gasteiger partial charge in [-0.15, -0.1) is 11.3 Å². The predicted molar refractivity (Wildman–Crippen MR) is 134 cm³/mol. The molecule has 10 heteroatoms. The van der Waals surface area contributed by atoms with Gasteiger partial charge in [-0.2, -0.15) is 13.2 Å². The Labute approximate surface area is 209 Å². The average molecular weight is 513 g/mol. The summed E-state index contributed by atoms with van der Waals surface area (Å²) >= 11 is 1.54. The number of aromatic nitrogens is 1. The Bertz CT molecular complexity index is 954. The van der Waals surface area contributed by atoms with Gasteiger partial charge in [0.05, 0.1) is 11.8 Å². The minimum absolute atomic E-state index is 0.0163. The van der Waals surface area contributed by atoms with Crippen LogP contribution in [0.2, 0.25) is 0 Å². The highest BCUT2D eigenvalue weighted by Gasteiger charge is 2.43. The topological polar surface area (TPSA) is 57.7 Å². The molecule has 2 aromatic rings. The molecule has 2 heterocycles. The maximum atomic E-state index is 14.1. The van der Waals surface area contributed by atoms with Crippen molar-refractivity contribution in [1.29, 1.82) is 0 Å². The molecule has 0 radical (unpaired) electrons. The van der Waals surface area contributed by atoms with Gasteiger partial charge in [0, 0.05) is 37.1 Å². The fourth-order valence-corrected chi connectivity index (χ4v) is 4.87. The number of ether oxygens (including phenoxy) is 1. The average Bonchev–Trinajstić information content (AvgIpc) is 3.26. The number of rotatable bonds is 9. The Kier molecular flexibility index (Phi) is 9.17. The Hall–Kier alpha value is -2.17. The van der Waals surface area contributed by atoms with Crippen LogP contribution in [0.1, 0.15) is 45.7 Å². The van der Waals surface area contributed by atoms with Gasteiger partial charge in [-0.25, -0.2) is 4.98 Å². The summed E-state index contributed by atoms with van der Waals surface area (Å²) in [5, 5.41) is 5.39. The third-order valence-corrected chi connectivity index (χ3v) is 6.75. The minimum atomic E-state index is -4.58. The number of halogens is 3. The Morgan fingerprint density at radius 3 is 2.29 bits per heavy atom. The molecule has 1 fully saturated rings. The second-order valence-corrected chi connectivity index (χ2v) is 10.6. The van der Waals surface area contributed by atoms with Crippen LogP contribution in [-0.2, 0) is 9.53 Å². The smallest absolute Gasteiger partial charge is 0.407 e. The fourth-order valence-electron chi connectivity index (χ4n) is 3.99. The molecular weight excluding hydrogens is 477 g/mol. The van der Waals surface area contributed by atoms with Crippen LogP contribution in [0.3, 0.4) is 0 Å². The van der Waals surface area contributed by atoms with Crippen molar-refractivity contribution in [1.82, 2.24) is 15.2 Å². The number of thiazole rings is 1. The molecule has 1 N–H and O–H groups in total. The largest absolute Gasteiger partial charge is 0.462 e. The maximum Gasteiger partial charge on any atom is 0.407 e. The van der Waals surface area contributed by atoms with E-state index in [2.05, 4.69) is 22.2 Å². The zero-order valence-corrected chi connectivity index (χ0v) is 21.7. The van der Waals surface area contributed by atoms with E-state index in [-0.39, 0.29) is 17.9 Å². The van der Waals surface area contributed by atoms with Crippen molar-refractivity contribution in [3.8, 4) is 11.3 Å². The number of esters is 1. The van der Waals surface area contributed by atoms with E-state index in [9.17, 15) is 18.0 Å². The van der Waals surface area contributed by atoms with Gasteiger partial charge in [0.2, 0.25) is 0 Å². The third-order valence-electron chi connectivity index (χ3n) is 5.84. The van der Waals surface area contributed by atoms with E-state index in [0.29, 0.717) is 0 Å². The molecule has 0 spiro atoms. The quantitative estimate of drug-likeness (QED) is 0.471. The second-order valence-electron chi connectivity index (χ2n) is 9.74. The lowest BCUT2D eigenvalue weighted by atomic mass is 9.99. The van der Waals surface area contributed by atoms with E-state index in [1.165, 1.54) is 12.1 Å². The van der Waals surface area contributed by atoms with Crippen LogP contribution in [0.5, 0.6) is 0 Å². The number of benzene rings is 1.